The minimum absolute atomic E-state index is 0.328. The van der Waals surface area contributed by atoms with Gasteiger partial charge in [-0.2, -0.15) is 4.31 Å². The molecule has 0 spiro atoms. The summed E-state index contributed by atoms with van der Waals surface area (Å²) in [5.74, 6) is 0.808. The second-order valence-corrected chi connectivity index (χ2v) is 7.47. The molecule has 2 aromatic carbocycles. The fourth-order valence-electron chi connectivity index (χ4n) is 2.61. The summed E-state index contributed by atoms with van der Waals surface area (Å²) in [4.78, 5) is 0.328. The van der Waals surface area contributed by atoms with Crippen molar-refractivity contribution >= 4 is 20.8 Å². The summed E-state index contributed by atoms with van der Waals surface area (Å²) >= 11 is 0. The van der Waals surface area contributed by atoms with Gasteiger partial charge in [0.05, 0.1) is 24.7 Å². The third kappa shape index (κ3) is 3.49. The van der Waals surface area contributed by atoms with Gasteiger partial charge in [0.1, 0.15) is 5.75 Å². The van der Waals surface area contributed by atoms with E-state index >= 15 is 0 Å². The van der Waals surface area contributed by atoms with Gasteiger partial charge in [-0.15, -0.1) is 0 Å². The highest BCUT2D eigenvalue weighted by molar-refractivity contribution is 7.89. The Morgan fingerprint density at radius 1 is 1.09 bits per heavy atom. The first-order valence-corrected chi connectivity index (χ1v) is 9.30. The Hall–Kier alpha value is -1.63. The molecule has 0 amide bonds. The standard InChI is InChI=1S/C17H21NO4S/c1-2-9-22-16-5-3-15-13-17(6-4-14(15)12-16)23(19,20)18-7-10-21-11-8-18/h3-6,12-13H,2,7-11H2,1H3. The number of sulfonamides is 1. The van der Waals surface area contributed by atoms with Crippen LogP contribution in [0.3, 0.4) is 0 Å². The highest BCUT2D eigenvalue weighted by Gasteiger charge is 2.26. The first kappa shape index (κ1) is 16.2. The minimum atomic E-state index is -3.46. The number of benzene rings is 2. The van der Waals surface area contributed by atoms with E-state index in [0.717, 1.165) is 22.9 Å². The molecule has 0 saturated carbocycles. The van der Waals surface area contributed by atoms with Gasteiger partial charge in [0.15, 0.2) is 0 Å². The van der Waals surface area contributed by atoms with Crippen LogP contribution < -0.4 is 4.74 Å². The van der Waals surface area contributed by atoms with E-state index in [9.17, 15) is 8.42 Å². The lowest BCUT2D eigenvalue weighted by Gasteiger charge is -2.26. The van der Waals surface area contributed by atoms with Crippen LogP contribution in [0.4, 0.5) is 0 Å². The van der Waals surface area contributed by atoms with E-state index in [2.05, 4.69) is 6.92 Å². The van der Waals surface area contributed by atoms with Gasteiger partial charge >= 0.3 is 0 Å². The van der Waals surface area contributed by atoms with Crippen molar-refractivity contribution in [1.82, 2.24) is 4.31 Å². The predicted molar refractivity (Wildman–Crippen MR) is 89.3 cm³/mol. The van der Waals surface area contributed by atoms with Crippen molar-refractivity contribution in [3.8, 4) is 5.75 Å². The summed E-state index contributed by atoms with van der Waals surface area (Å²) in [6.07, 6.45) is 0.953. The van der Waals surface area contributed by atoms with Crippen molar-refractivity contribution < 1.29 is 17.9 Å². The topological polar surface area (TPSA) is 55.8 Å². The molecule has 1 heterocycles. The summed E-state index contributed by atoms with van der Waals surface area (Å²) < 4.78 is 37.7. The molecule has 3 rings (SSSR count). The third-order valence-electron chi connectivity index (χ3n) is 3.86. The zero-order valence-corrected chi connectivity index (χ0v) is 14.0. The molecule has 1 saturated heterocycles. The van der Waals surface area contributed by atoms with Crippen LogP contribution in [0.15, 0.2) is 41.3 Å². The average molecular weight is 335 g/mol. The average Bonchev–Trinajstić information content (AvgIpc) is 2.60. The maximum atomic E-state index is 12.7. The smallest absolute Gasteiger partial charge is 0.243 e. The Labute approximate surface area is 136 Å². The first-order valence-electron chi connectivity index (χ1n) is 7.86. The van der Waals surface area contributed by atoms with E-state index in [1.165, 1.54) is 4.31 Å². The van der Waals surface area contributed by atoms with Crippen molar-refractivity contribution in [3.63, 3.8) is 0 Å². The van der Waals surface area contributed by atoms with Gasteiger partial charge in [-0.05, 0) is 41.5 Å². The van der Waals surface area contributed by atoms with Gasteiger partial charge in [-0.1, -0.05) is 19.1 Å². The minimum Gasteiger partial charge on any atom is -0.494 e. The quantitative estimate of drug-likeness (QED) is 0.843. The number of hydrogen-bond donors (Lipinski definition) is 0. The number of ether oxygens (including phenoxy) is 2. The fraction of sp³-hybridized carbons (Fsp3) is 0.412. The van der Waals surface area contributed by atoms with Crippen LogP contribution in [0, 0.1) is 0 Å². The predicted octanol–water partition coefficient (Wildman–Crippen LogP) is 2.65. The lowest BCUT2D eigenvalue weighted by atomic mass is 10.1. The van der Waals surface area contributed by atoms with Crippen LogP contribution in [0.1, 0.15) is 13.3 Å². The molecule has 5 nitrogen and oxygen atoms in total. The number of rotatable bonds is 5. The molecule has 0 unspecified atom stereocenters. The monoisotopic (exact) mass is 335 g/mol. The third-order valence-corrected chi connectivity index (χ3v) is 5.76. The van der Waals surface area contributed by atoms with E-state index in [0.29, 0.717) is 37.8 Å². The Bertz CT molecular complexity index is 782. The normalized spacial score (nSPS) is 16.6. The van der Waals surface area contributed by atoms with Crippen molar-refractivity contribution in [2.45, 2.75) is 18.2 Å². The number of nitrogens with zero attached hydrogens (tertiary/aromatic N) is 1. The molecule has 0 bridgehead atoms. The van der Waals surface area contributed by atoms with Crippen molar-refractivity contribution in [1.29, 1.82) is 0 Å². The SMILES string of the molecule is CCCOc1ccc2cc(S(=O)(=O)N3CCOCC3)ccc2c1. The summed E-state index contributed by atoms with van der Waals surface area (Å²) in [6, 6.07) is 10.9. The molecule has 23 heavy (non-hydrogen) atoms. The van der Waals surface area contributed by atoms with Crippen LogP contribution in [0.25, 0.3) is 10.8 Å². The van der Waals surface area contributed by atoms with E-state index in [1.807, 2.05) is 24.3 Å². The first-order chi connectivity index (χ1) is 11.1. The molecule has 0 aliphatic carbocycles. The van der Waals surface area contributed by atoms with Gasteiger partial charge in [-0.3, -0.25) is 0 Å². The van der Waals surface area contributed by atoms with Crippen LogP contribution >= 0.6 is 0 Å². The van der Waals surface area contributed by atoms with E-state index < -0.39 is 10.0 Å². The van der Waals surface area contributed by atoms with Crippen LogP contribution in [-0.2, 0) is 14.8 Å². The molecule has 0 N–H and O–H groups in total. The summed E-state index contributed by atoms with van der Waals surface area (Å²) in [7, 11) is -3.46. The number of morpholine rings is 1. The molecular weight excluding hydrogens is 314 g/mol. The molecule has 0 atom stereocenters. The lowest BCUT2D eigenvalue weighted by molar-refractivity contribution is 0.0730. The Balaban J connectivity index is 1.90. The van der Waals surface area contributed by atoms with Crippen molar-refractivity contribution in [3.05, 3.63) is 36.4 Å². The molecule has 1 aliphatic heterocycles. The van der Waals surface area contributed by atoms with Gasteiger partial charge in [0, 0.05) is 13.1 Å². The van der Waals surface area contributed by atoms with Gasteiger partial charge in [0.2, 0.25) is 10.0 Å². The van der Waals surface area contributed by atoms with Gasteiger partial charge < -0.3 is 9.47 Å². The molecular formula is C17H21NO4S. The highest BCUT2D eigenvalue weighted by Crippen LogP contribution is 2.25. The summed E-state index contributed by atoms with van der Waals surface area (Å²) in [6.45, 7) is 4.45. The van der Waals surface area contributed by atoms with Crippen molar-refractivity contribution in [2.24, 2.45) is 0 Å². The summed E-state index contributed by atoms with van der Waals surface area (Å²) in [5.41, 5.74) is 0. The van der Waals surface area contributed by atoms with E-state index in [1.54, 1.807) is 12.1 Å². The van der Waals surface area contributed by atoms with E-state index in [4.69, 9.17) is 9.47 Å². The largest absolute Gasteiger partial charge is 0.494 e. The maximum Gasteiger partial charge on any atom is 0.243 e. The Morgan fingerprint density at radius 3 is 2.52 bits per heavy atom. The zero-order chi connectivity index (χ0) is 16.3. The molecule has 2 aromatic rings. The number of hydrogen-bond acceptors (Lipinski definition) is 4. The molecule has 0 radical (unpaired) electrons. The maximum absolute atomic E-state index is 12.7. The zero-order valence-electron chi connectivity index (χ0n) is 13.2. The van der Waals surface area contributed by atoms with Gasteiger partial charge in [0.25, 0.3) is 0 Å². The molecule has 1 aliphatic rings. The Kier molecular flexibility index (Phi) is 4.84. The van der Waals surface area contributed by atoms with E-state index in [-0.39, 0.29) is 0 Å². The number of fused-ring (bicyclic) bond motifs is 1. The van der Waals surface area contributed by atoms with Crippen LogP contribution in [0.5, 0.6) is 5.75 Å². The molecule has 124 valence electrons. The van der Waals surface area contributed by atoms with Crippen LogP contribution in [0.2, 0.25) is 0 Å². The second-order valence-electron chi connectivity index (χ2n) is 5.54. The second kappa shape index (κ2) is 6.86. The molecule has 1 fully saturated rings. The fourth-order valence-corrected chi connectivity index (χ4v) is 4.05. The molecule has 6 heteroatoms. The summed E-state index contributed by atoms with van der Waals surface area (Å²) in [5, 5.41) is 1.86. The highest BCUT2D eigenvalue weighted by atomic mass is 32.2. The van der Waals surface area contributed by atoms with Crippen LogP contribution in [-0.4, -0.2) is 45.6 Å². The van der Waals surface area contributed by atoms with Gasteiger partial charge in [-0.25, -0.2) is 8.42 Å². The molecule has 0 aromatic heterocycles. The lowest BCUT2D eigenvalue weighted by Crippen LogP contribution is -2.40. The Morgan fingerprint density at radius 2 is 1.78 bits per heavy atom. The van der Waals surface area contributed by atoms with Crippen molar-refractivity contribution in [2.75, 3.05) is 32.9 Å².